The van der Waals surface area contributed by atoms with Crippen LogP contribution in [-0.2, 0) is 52.7 Å². The predicted octanol–water partition coefficient (Wildman–Crippen LogP) is 4.02. The first kappa shape index (κ1) is 62.7. The minimum Gasteiger partial charge on any atom is -0.481 e. The maximum absolute atomic E-state index is 14.1. The molecule has 1 aliphatic heterocycles. The minimum absolute atomic E-state index is 0.0398. The Bertz CT molecular complexity index is 1740. The molecule has 0 saturated carbocycles. The first-order valence-electron chi connectivity index (χ1n) is 25.5. The van der Waals surface area contributed by atoms with Gasteiger partial charge < -0.3 is 52.2 Å². The van der Waals surface area contributed by atoms with Crippen LogP contribution in [0.2, 0.25) is 0 Å². The molecule has 1 heterocycles. The summed E-state index contributed by atoms with van der Waals surface area (Å²) < 4.78 is 6.00. The van der Waals surface area contributed by atoms with Crippen molar-refractivity contribution < 1.29 is 62.9 Å². The summed E-state index contributed by atoms with van der Waals surface area (Å²) >= 11 is 0. The topological polar surface area (TPSA) is 305 Å². The van der Waals surface area contributed by atoms with Crippen molar-refractivity contribution in [3.05, 3.63) is 0 Å². The number of rotatable bonds is 22. The largest absolute Gasteiger partial charge is 0.481 e. The van der Waals surface area contributed by atoms with E-state index in [4.69, 9.17) is 4.74 Å². The van der Waals surface area contributed by atoms with Crippen molar-refractivity contribution in [3.8, 4) is 0 Å². The van der Waals surface area contributed by atoms with E-state index in [1.807, 2.05) is 13.8 Å². The van der Waals surface area contributed by atoms with Crippen LogP contribution in [-0.4, -0.2) is 118 Å². The molecule has 20 nitrogen and oxygen atoms in total. The van der Waals surface area contributed by atoms with Gasteiger partial charge in [0, 0.05) is 6.42 Å². The number of carbonyl (C=O) groups is 10. The first-order chi connectivity index (χ1) is 32.7. The molecule has 70 heavy (non-hydrogen) atoms. The summed E-state index contributed by atoms with van der Waals surface area (Å²) in [4.78, 5) is 136. The number of carboxylic acids is 2. The molecular formula is C50H87N7O13. The van der Waals surface area contributed by atoms with Crippen molar-refractivity contribution in [1.29, 1.82) is 0 Å². The number of carboxylic acid groups (broad SMARTS) is 2. The molecule has 1 aliphatic rings. The summed E-state index contributed by atoms with van der Waals surface area (Å²) in [6.45, 7) is 19.7. The van der Waals surface area contributed by atoms with Crippen LogP contribution in [0.1, 0.15) is 179 Å². The zero-order valence-corrected chi connectivity index (χ0v) is 43.7. The number of ether oxygens (including phenoxy) is 1. The van der Waals surface area contributed by atoms with Gasteiger partial charge >= 0.3 is 17.9 Å². The fourth-order valence-corrected chi connectivity index (χ4v) is 8.09. The van der Waals surface area contributed by atoms with Crippen molar-refractivity contribution >= 4 is 59.3 Å². The average molecular weight is 994 g/mol. The van der Waals surface area contributed by atoms with Gasteiger partial charge in [0.2, 0.25) is 41.4 Å². The van der Waals surface area contributed by atoms with E-state index in [0.717, 1.165) is 38.5 Å². The molecule has 1 saturated heterocycles. The van der Waals surface area contributed by atoms with Crippen LogP contribution in [0.25, 0.3) is 0 Å². The first-order valence-corrected chi connectivity index (χ1v) is 25.5. The molecule has 0 aromatic carbocycles. The fourth-order valence-electron chi connectivity index (χ4n) is 8.09. The molecule has 0 radical (unpaired) electrons. The Morgan fingerprint density at radius 1 is 0.486 bits per heavy atom. The molecule has 20 heteroatoms. The molecule has 0 aliphatic carbocycles. The molecule has 1 unspecified atom stereocenters. The summed E-state index contributed by atoms with van der Waals surface area (Å²) in [5.41, 5.74) is 0. The lowest BCUT2D eigenvalue weighted by Gasteiger charge is -2.29. The molecular weight excluding hydrogens is 907 g/mol. The van der Waals surface area contributed by atoms with Crippen molar-refractivity contribution in [1.82, 2.24) is 37.2 Å². The highest BCUT2D eigenvalue weighted by atomic mass is 16.5. The second-order valence-corrected chi connectivity index (χ2v) is 20.9. The van der Waals surface area contributed by atoms with Crippen LogP contribution in [0.5, 0.6) is 0 Å². The van der Waals surface area contributed by atoms with E-state index in [1.54, 1.807) is 55.4 Å². The molecule has 0 spiro atoms. The van der Waals surface area contributed by atoms with Crippen molar-refractivity contribution in [2.24, 2.45) is 29.6 Å². The lowest BCUT2D eigenvalue weighted by Crippen LogP contribution is -2.61. The van der Waals surface area contributed by atoms with Gasteiger partial charge in [-0.2, -0.15) is 0 Å². The van der Waals surface area contributed by atoms with Crippen LogP contribution in [0.3, 0.4) is 0 Å². The SMILES string of the molecule is CCCCCCCCCC1CC(=O)N[C@@H](CCC(=O)O)C(=O)N[C@@H](CC(C)C)C(=O)N[C@@H](CC(C)C)C(=O)N[C@@H](C(C)C)C(=O)N[C@@H](CC(=O)O)C(=O)N[C@@H](CC(C)C)C(=O)N[C@@H](CC(C)C)C(=O)O1. The standard InChI is InChI=1S/C50H87N7O13/c1-12-13-14-15-16-17-18-19-33-26-40(58)51-34(20-21-41(59)60)44(63)52-35(22-28(2)3)45(64)54-37(24-30(6)7)48(67)57-43(32(10)11)49(68)55-38(27-42(61)62)47(66)53-36(23-29(4)5)46(65)56-39(25-31(8)9)50(69)70-33/h28-39,43H,12-27H2,1-11H3,(H,51,58)(H,52,63)(H,53,66)(H,54,64)(H,55,68)(H,56,65)(H,57,67)(H,59,60)(H,61,62)/t33?,34-,35-,36-,37-,38-,39-,43-/m0/s1. The van der Waals surface area contributed by atoms with Crippen molar-refractivity contribution in [3.63, 3.8) is 0 Å². The quantitative estimate of drug-likeness (QED) is 0.0548. The second kappa shape index (κ2) is 32.6. The highest BCUT2D eigenvalue weighted by Gasteiger charge is 2.37. The summed E-state index contributed by atoms with van der Waals surface area (Å²) in [5.74, 6) is -10.8. The number of amides is 7. The van der Waals surface area contributed by atoms with Crippen LogP contribution < -0.4 is 37.2 Å². The lowest BCUT2D eigenvalue weighted by molar-refractivity contribution is -0.155. The monoisotopic (exact) mass is 994 g/mol. The summed E-state index contributed by atoms with van der Waals surface area (Å²) in [6.07, 6.45) is 3.74. The lowest BCUT2D eigenvalue weighted by atomic mass is 9.98. The number of carbonyl (C=O) groups excluding carboxylic acids is 8. The summed E-state index contributed by atoms with van der Waals surface area (Å²) in [5, 5.41) is 37.8. The van der Waals surface area contributed by atoms with Gasteiger partial charge in [-0.25, -0.2) is 4.79 Å². The molecule has 9 N–H and O–H groups in total. The highest BCUT2D eigenvalue weighted by molar-refractivity contribution is 5.98. The van der Waals surface area contributed by atoms with Crippen LogP contribution in [0.15, 0.2) is 0 Å². The number of cyclic esters (lactones) is 1. The maximum Gasteiger partial charge on any atom is 0.328 e. The molecule has 400 valence electrons. The van der Waals surface area contributed by atoms with Crippen LogP contribution in [0.4, 0.5) is 0 Å². The number of aliphatic carboxylic acids is 2. The van der Waals surface area contributed by atoms with E-state index in [9.17, 15) is 58.2 Å². The molecule has 0 bridgehead atoms. The van der Waals surface area contributed by atoms with Gasteiger partial charge in [0.05, 0.1) is 12.8 Å². The highest BCUT2D eigenvalue weighted by Crippen LogP contribution is 2.18. The number of nitrogens with one attached hydrogen (secondary N) is 7. The van der Waals surface area contributed by atoms with Gasteiger partial charge in [-0.1, -0.05) is 115 Å². The molecule has 0 aromatic heterocycles. The van der Waals surface area contributed by atoms with E-state index in [1.165, 1.54) is 0 Å². The second-order valence-electron chi connectivity index (χ2n) is 20.9. The smallest absolute Gasteiger partial charge is 0.328 e. The summed E-state index contributed by atoms with van der Waals surface area (Å²) in [6, 6.07) is -9.63. The molecule has 1 rings (SSSR count). The number of esters is 1. The van der Waals surface area contributed by atoms with Gasteiger partial charge in [-0.3, -0.25) is 43.2 Å². The van der Waals surface area contributed by atoms with Gasteiger partial charge in [0.25, 0.3) is 0 Å². The van der Waals surface area contributed by atoms with Gasteiger partial charge in [-0.05, 0) is 74.5 Å². The van der Waals surface area contributed by atoms with Crippen LogP contribution >= 0.6 is 0 Å². The third-order valence-corrected chi connectivity index (χ3v) is 11.7. The minimum atomic E-state index is -1.72. The number of hydrogen-bond acceptors (Lipinski definition) is 11. The maximum atomic E-state index is 14.1. The van der Waals surface area contributed by atoms with Crippen molar-refractivity contribution in [2.45, 2.75) is 227 Å². The third kappa shape index (κ3) is 25.5. The van der Waals surface area contributed by atoms with Crippen LogP contribution in [0, 0.1) is 29.6 Å². The third-order valence-electron chi connectivity index (χ3n) is 11.7. The van der Waals surface area contributed by atoms with E-state index in [0.29, 0.717) is 6.42 Å². The Morgan fingerprint density at radius 2 is 0.886 bits per heavy atom. The Balaban J connectivity index is 4.01. The number of hydrogen-bond donors (Lipinski definition) is 9. The fraction of sp³-hybridized carbons (Fsp3) is 0.800. The average Bonchev–Trinajstić information content (AvgIpc) is 3.23. The van der Waals surface area contributed by atoms with E-state index < -0.39 is 133 Å². The van der Waals surface area contributed by atoms with Gasteiger partial charge in [0.15, 0.2) is 0 Å². The zero-order valence-electron chi connectivity index (χ0n) is 43.7. The Morgan fingerprint density at radius 3 is 1.33 bits per heavy atom. The number of unbranched alkanes of at least 4 members (excludes halogenated alkanes) is 6. The van der Waals surface area contributed by atoms with E-state index in [-0.39, 0.29) is 62.2 Å². The van der Waals surface area contributed by atoms with E-state index >= 15 is 0 Å². The molecule has 8 atom stereocenters. The van der Waals surface area contributed by atoms with Gasteiger partial charge in [0.1, 0.15) is 48.4 Å². The van der Waals surface area contributed by atoms with Crippen molar-refractivity contribution in [2.75, 3.05) is 0 Å². The molecule has 1 fully saturated rings. The van der Waals surface area contributed by atoms with Gasteiger partial charge in [-0.15, -0.1) is 0 Å². The Labute approximate surface area is 415 Å². The predicted molar refractivity (Wildman–Crippen MR) is 262 cm³/mol. The summed E-state index contributed by atoms with van der Waals surface area (Å²) in [7, 11) is 0. The Kier molecular flexibility index (Phi) is 29.2. The van der Waals surface area contributed by atoms with E-state index in [2.05, 4.69) is 44.1 Å². The zero-order chi connectivity index (χ0) is 53.2. The Hall–Kier alpha value is -5.30. The molecule has 0 aromatic rings. The molecule has 7 amide bonds. The normalized spacial score (nSPS) is 24.5.